The molecule has 2 aromatic rings. The Bertz CT molecular complexity index is 978. The smallest absolute Gasteiger partial charge is 0.408 e. The van der Waals surface area contributed by atoms with Gasteiger partial charge in [-0.25, -0.2) is 4.79 Å². The molecule has 0 fully saturated rings. The van der Waals surface area contributed by atoms with Gasteiger partial charge in [-0.05, 0) is 30.2 Å². The lowest BCUT2D eigenvalue weighted by Crippen LogP contribution is -2.38. The number of nitrogens with one attached hydrogen (secondary N) is 1. The molecule has 0 aliphatic rings. The average Bonchev–Trinajstić information content (AvgIpc) is 2.76. The molecule has 2 aromatic carbocycles. The van der Waals surface area contributed by atoms with E-state index in [1.807, 2.05) is 18.2 Å². The minimum atomic E-state index is -4.27. The Hall–Kier alpha value is -2.99. The molecule has 3 N–H and O–H groups in total. The van der Waals surface area contributed by atoms with Crippen LogP contribution in [0.3, 0.4) is 0 Å². The normalized spacial score (nSPS) is 13.1. The molecule has 2 atom stereocenters. The summed E-state index contributed by atoms with van der Waals surface area (Å²) in [5.41, 5.74) is 1.24. The van der Waals surface area contributed by atoms with Gasteiger partial charge in [0, 0.05) is 6.61 Å². The zero-order valence-electron chi connectivity index (χ0n) is 17.3. The van der Waals surface area contributed by atoms with Gasteiger partial charge in [-0.1, -0.05) is 42.5 Å². The average molecular weight is 467 g/mol. The van der Waals surface area contributed by atoms with E-state index in [4.69, 9.17) is 18.8 Å². The van der Waals surface area contributed by atoms with Crippen molar-refractivity contribution in [3.8, 4) is 5.75 Å². The van der Waals surface area contributed by atoms with E-state index < -0.39 is 46.7 Å². The highest BCUT2D eigenvalue weighted by Gasteiger charge is 2.24. The Kier molecular flexibility index (Phi) is 9.60. The highest BCUT2D eigenvalue weighted by atomic mass is 32.2. The Morgan fingerprint density at radius 3 is 2.31 bits per heavy atom. The van der Waals surface area contributed by atoms with Gasteiger partial charge in [0.05, 0.1) is 12.2 Å². The molecule has 2 unspecified atom stereocenters. The van der Waals surface area contributed by atoms with Crippen LogP contribution in [-0.4, -0.2) is 48.8 Å². The van der Waals surface area contributed by atoms with Gasteiger partial charge in [-0.15, -0.1) is 0 Å². The van der Waals surface area contributed by atoms with Crippen molar-refractivity contribution in [1.29, 1.82) is 0 Å². The van der Waals surface area contributed by atoms with E-state index in [9.17, 15) is 23.1 Å². The standard InChI is InChI=1S/C21H25NO9S/c1-2-29-20(24)19(22-21(25)30-14-15-6-4-3-5-7-15)16-8-10-17(11-9-16)31-18(23)12-13-32(26,27)28/h3-11,19-20,24H,2,12-14H2,1H3,(H,22,25)(H,26,27,28). The molecule has 11 heteroatoms. The second kappa shape index (κ2) is 12.2. The third kappa shape index (κ3) is 9.02. The quantitative estimate of drug-likeness (QED) is 0.196. The SMILES string of the molecule is CCOC(O)C(NC(=O)OCc1ccccc1)c1ccc(OC(=O)CCS(=O)(=O)O)cc1. The number of rotatable bonds is 11. The van der Waals surface area contributed by atoms with Crippen molar-refractivity contribution in [2.24, 2.45) is 0 Å². The van der Waals surface area contributed by atoms with Gasteiger partial charge < -0.3 is 24.6 Å². The molecular weight excluding hydrogens is 442 g/mol. The number of ether oxygens (including phenoxy) is 3. The van der Waals surface area contributed by atoms with Crippen molar-refractivity contribution >= 4 is 22.2 Å². The van der Waals surface area contributed by atoms with Crippen molar-refractivity contribution in [2.75, 3.05) is 12.4 Å². The molecule has 0 radical (unpaired) electrons. The van der Waals surface area contributed by atoms with Crippen LogP contribution in [0.15, 0.2) is 54.6 Å². The van der Waals surface area contributed by atoms with Gasteiger partial charge in [0.1, 0.15) is 18.4 Å². The summed E-state index contributed by atoms with van der Waals surface area (Å²) < 4.78 is 45.5. The molecule has 0 heterocycles. The van der Waals surface area contributed by atoms with E-state index >= 15 is 0 Å². The van der Waals surface area contributed by atoms with E-state index in [2.05, 4.69) is 5.32 Å². The number of aliphatic hydroxyl groups is 1. The van der Waals surface area contributed by atoms with Gasteiger partial charge in [0.25, 0.3) is 10.1 Å². The predicted molar refractivity (Wildman–Crippen MR) is 113 cm³/mol. The second-order valence-electron chi connectivity index (χ2n) is 6.61. The summed E-state index contributed by atoms with van der Waals surface area (Å²) in [5, 5.41) is 12.8. The van der Waals surface area contributed by atoms with Crippen LogP contribution in [0, 0.1) is 0 Å². The van der Waals surface area contributed by atoms with Crippen LogP contribution >= 0.6 is 0 Å². The molecule has 0 bridgehead atoms. The van der Waals surface area contributed by atoms with Crippen LogP contribution in [0.4, 0.5) is 4.79 Å². The lowest BCUT2D eigenvalue weighted by Gasteiger charge is -2.24. The lowest BCUT2D eigenvalue weighted by atomic mass is 10.1. The molecule has 2 rings (SSSR count). The fourth-order valence-electron chi connectivity index (χ4n) is 2.62. The van der Waals surface area contributed by atoms with Gasteiger partial charge in [0.15, 0.2) is 6.29 Å². The van der Waals surface area contributed by atoms with Crippen LogP contribution in [0.25, 0.3) is 0 Å². The number of esters is 1. The molecule has 10 nitrogen and oxygen atoms in total. The number of hydrogen-bond donors (Lipinski definition) is 3. The highest BCUT2D eigenvalue weighted by molar-refractivity contribution is 7.85. The summed E-state index contributed by atoms with van der Waals surface area (Å²) >= 11 is 0. The number of carbonyl (C=O) groups is 2. The summed E-state index contributed by atoms with van der Waals surface area (Å²) in [5.74, 6) is -1.48. The Balaban J connectivity index is 2.01. The fourth-order valence-corrected chi connectivity index (χ4v) is 3.04. The monoisotopic (exact) mass is 467 g/mol. The predicted octanol–water partition coefficient (Wildman–Crippen LogP) is 2.19. The molecule has 0 saturated carbocycles. The molecule has 0 aromatic heterocycles. The Morgan fingerprint density at radius 1 is 1.06 bits per heavy atom. The largest absolute Gasteiger partial charge is 0.445 e. The first kappa shape index (κ1) is 25.3. The van der Waals surface area contributed by atoms with Crippen LogP contribution in [0.2, 0.25) is 0 Å². The molecule has 1 amide bonds. The zero-order chi connectivity index (χ0) is 23.6. The van der Waals surface area contributed by atoms with Gasteiger partial charge >= 0.3 is 12.1 Å². The number of benzene rings is 2. The number of amides is 1. The molecule has 0 aliphatic carbocycles. The van der Waals surface area contributed by atoms with Crippen molar-refractivity contribution < 1.29 is 41.9 Å². The first-order valence-electron chi connectivity index (χ1n) is 9.70. The molecular formula is C21H25NO9S. The minimum absolute atomic E-state index is 0.0442. The third-order valence-electron chi connectivity index (χ3n) is 4.14. The van der Waals surface area contributed by atoms with Crippen LogP contribution in [0.5, 0.6) is 5.75 Å². The van der Waals surface area contributed by atoms with Gasteiger partial charge in [0.2, 0.25) is 0 Å². The van der Waals surface area contributed by atoms with E-state index in [1.54, 1.807) is 19.1 Å². The summed E-state index contributed by atoms with van der Waals surface area (Å²) in [6.07, 6.45) is -2.65. The van der Waals surface area contributed by atoms with Gasteiger partial charge in [-0.3, -0.25) is 9.35 Å². The topological polar surface area (TPSA) is 148 Å². The van der Waals surface area contributed by atoms with E-state index in [1.165, 1.54) is 24.3 Å². The maximum absolute atomic E-state index is 12.2. The van der Waals surface area contributed by atoms with Crippen LogP contribution < -0.4 is 10.1 Å². The maximum Gasteiger partial charge on any atom is 0.408 e. The van der Waals surface area contributed by atoms with E-state index in [0.29, 0.717) is 5.56 Å². The molecule has 0 aliphatic heterocycles. The lowest BCUT2D eigenvalue weighted by molar-refractivity contribution is -0.134. The molecule has 32 heavy (non-hydrogen) atoms. The fraction of sp³-hybridized carbons (Fsp3) is 0.333. The van der Waals surface area contributed by atoms with E-state index in [0.717, 1.165) is 5.56 Å². The number of hydrogen-bond acceptors (Lipinski definition) is 8. The van der Waals surface area contributed by atoms with Crippen molar-refractivity contribution in [3.05, 3.63) is 65.7 Å². The van der Waals surface area contributed by atoms with E-state index in [-0.39, 0.29) is 19.0 Å². The number of carbonyl (C=O) groups excluding carboxylic acids is 2. The summed E-state index contributed by atoms with van der Waals surface area (Å²) in [7, 11) is -4.27. The maximum atomic E-state index is 12.2. The van der Waals surface area contributed by atoms with Crippen molar-refractivity contribution in [1.82, 2.24) is 5.32 Å². The summed E-state index contributed by atoms with van der Waals surface area (Å²) in [6, 6.07) is 13.9. The summed E-state index contributed by atoms with van der Waals surface area (Å²) in [6.45, 7) is 1.92. The van der Waals surface area contributed by atoms with Crippen molar-refractivity contribution in [2.45, 2.75) is 32.3 Å². The van der Waals surface area contributed by atoms with Crippen LogP contribution in [-0.2, 0) is 31.0 Å². The first-order valence-corrected chi connectivity index (χ1v) is 11.3. The Labute approximate surface area is 185 Å². The van der Waals surface area contributed by atoms with Crippen molar-refractivity contribution in [3.63, 3.8) is 0 Å². The number of alkyl carbamates (subject to hydrolysis) is 1. The first-order chi connectivity index (χ1) is 15.2. The Morgan fingerprint density at radius 2 is 1.72 bits per heavy atom. The summed E-state index contributed by atoms with van der Waals surface area (Å²) in [4.78, 5) is 23.9. The van der Waals surface area contributed by atoms with Gasteiger partial charge in [-0.2, -0.15) is 8.42 Å². The number of aliphatic hydroxyl groups excluding tert-OH is 1. The minimum Gasteiger partial charge on any atom is -0.445 e. The molecule has 174 valence electrons. The van der Waals surface area contributed by atoms with Crippen LogP contribution in [0.1, 0.15) is 30.5 Å². The highest BCUT2D eigenvalue weighted by Crippen LogP contribution is 2.22. The molecule has 0 saturated heterocycles. The molecule has 0 spiro atoms. The second-order valence-corrected chi connectivity index (χ2v) is 8.18. The third-order valence-corrected chi connectivity index (χ3v) is 4.86. The zero-order valence-corrected chi connectivity index (χ0v) is 18.2.